The molecule has 0 aliphatic rings. The van der Waals surface area contributed by atoms with Crippen LogP contribution in [0.25, 0.3) is 0 Å². The van der Waals surface area contributed by atoms with Crippen LogP contribution in [-0.2, 0) is 13.2 Å². The van der Waals surface area contributed by atoms with Gasteiger partial charge in [0.25, 0.3) is 5.69 Å². The molecule has 0 saturated heterocycles. The molecule has 0 saturated carbocycles. The molecule has 0 radical (unpaired) electrons. The molecule has 0 aliphatic carbocycles. The lowest BCUT2D eigenvalue weighted by molar-refractivity contribution is -0.384. The fraction of sp³-hybridized carbons (Fsp3) is 0.174. The predicted octanol–water partition coefficient (Wildman–Crippen LogP) is 4.31. The monoisotopic (exact) mass is 421 g/mol. The summed E-state index contributed by atoms with van der Waals surface area (Å²) in [6.07, 6.45) is 1.71. The van der Waals surface area contributed by atoms with Gasteiger partial charge in [-0.25, -0.2) is 0 Å². The topological polar surface area (TPSA) is 95.2 Å². The highest BCUT2D eigenvalue weighted by Gasteiger charge is 2.05. The number of rotatable bonds is 10. The van der Waals surface area contributed by atoms with Crippen molar-refractivity contribution in [3.05, 3.63) is 93.5 Å². The van der Waals surface area contributed by atoms with Crippen LogP contribution in [0.3, 0.4) is 0 Å². The fourth-order valence-electron chi connectivity index (χ4n) is 2.81. The molecular formula is C23H23N3O5. The van der Waals surface area contributed by atoms with Gasteiger partial charge in [-0.1, -0.05) is 18.2 Å². The smallest absolute Gasteiger partial charge is 0.269 e. The summed E-state index contributed by atoms with van der Waals surface area (Å²) >= 11 is 0. The first-order valence-electron chi connectivity index (χ1n) is 9.52. The van der Waals surface area contributed by atoms with Gasteiger partial charge in [-0.2, -0.15) is 5.10 Å². The lowest BCUT2D eigenvalue weighted by Gasteiger charge is -2.09. The Kier molecular flexibility index (Phi) is 7.42. The highest BCUT2D eigenvalue weighted by molar-refractivity contribution is 5.79. The molecule has 0 fully saturated rings. The number of non-ortho nitro benzene ring substituents is 1. The van der Waals surface area contributed by atoms with Gasteiger partial charge in [-0.15, -0.1) is 0 Å². The Balaban J connectivity index is 1.53. The van der Waals surface area contributed by atoms with Crippen LogP contribution in [0.5, 0.6) is 17.2 Å². The lowest BCUT2D eigenvalue weighted by Crippen LogP contribution is -2.06. The zero-order chi connectivity index (χ0) is 22.1. The van der Waals surface area contributed by atoms with E-state index in [9.17, 15) is 10.1 Å². The first kappa shape index (κ1) is 21.6. The zero-order valence-corrected chi connectivity index (χ0v) is 17.3. The van der Waals surface area contributed by atoms with Crippen LogP contribution in [-0.4, -0.2) is 25.4 Å². The summed E-state index contributed by atoms with van der Waals surface area (Å²) in [7, 11) is 3.20. The van der Waals surface area contributed by atoms with Crippen molar-refractivity contribution in [2.24, 2.45) is 5.10 Å². The molecule has 0 unspecified atom stereocenters. The third kappa shape index (κ3) is 6.20. The highest BCUT2D eigenvalue weighted by Crippen LogP contribution is 2.27. The Morgan fingerprint density at radius 3 is 2.42 bits per heavy atom. The first-order valence-corrected chi connectivity index (χ1v) is 9.52. The number of hydrogen-bond donors (Lipinski definition) is 1. The lowest BCUT2D eigenvalue weighted by atomic mass is 10.2. The number of ether oxygens (including phenoxy) is 3. The van der Waals surface area contributed by atoms with Crippen LogP contribution in [0.15, 0.2) is 71.8 Å². The maximum Gasteiger partial charge on any atom is 0.269 e. The average Bonchev–Trinajstić information content (AvgIpc) is 2.81. The number of nitro groups is 1. The molecule has 0 aliphatic heterocycles. The van der Waals surface area contributed by atoms with Crippen molar-refractivity contribution in [2.75, 3.05) is 14.2 Å². The van der Waals surface area contributed by atoms with Gasteiger partial charge in [0, 0.05) is 12.1 Å². The molecule has 3 rings (SSSR count). The second-order valence-electron chi connectivity index (χ2n) is 6.57. The molecule has 8 nitrogen and oxygen atoms in total. The second-order valence-corrected chi connectivity index (χ2v) is 6.57. The third-order valence-electron chi connectivity index (χ3n) is 4.45. The summed E-state index contributed by atoms with van der Waals surface area (Å²) in [4.78, 5) is 10.3. The van der Waals surface area contributed by atoms with Crippen LogP contribution >= 0.6 is 0 Å². The van der Waals surface area contributed by atoms with Crippen molar-refractivity contribution in [1.82, 2.24) is 5.43 Å². The van der Waals surface area contributed by atoms with E-state index >= 15 is 0 Å². The predicted molar refractivity (Wildman–Crippen MR) is 118 cm³/mol. The number of hydrazone groups is 1. The van der Waals surface area contributed by atoms with Gasteiger partial charge < -0.3 is 19.6 Å². The van der Waals surface area contributed by atoms with E-state index < -0.39 is 4.92 Å². The molecule has 3 aromatic rings. The third-order valence-corrected chi connectivity index (χ3v) is 4.45. The average molecular weight is 421 g/mol. The van der Waals surface area contributed by atoms with E-state index in [1.807, 2.05) is 42.5 Å². The number of benzene rings is 3. The Morgan fingerprint density at radius 2 is 1.71 bits per heavy atom. The summed E-state index contributed by atoms with van der Waals surface area (Å²) in [5.41, 5.74) is 5.80. The maximum atomic E-state index is 10.7. The van der Waals surface area contributed by atoms with Gasteiger partial charge in [0.15, 0.2) is 11.5 Å². The number of methoxy groups -OCH3 is 2. The molecule has 31 heavy (non-hydrogen) atoms. The largest absolute Gasteiger partial charge is 0.493 e. The molecular weight excluding hydrogens is 398 g/mol. The Bertz CT molecular complexity index is 1050. The summed E-state index contributed by atoms with van der Waals surface area (Å²) in [6.45, 7) is 0.851. The molecule has 0 bridgehead atoms. The van der Waals surface area contributed by atoms with Crippen molar-refractivity contribution in [3.63, 3.8) is 0 Å². The number of nitrogens with one attached hydrogen (secondary N) is 1. The molecule has 0 amide bonds. The highest BCUT2D eigenvalue weighted by atomic mass is 16.6. The van der Waals surface area contributed by atoms with Crippen molar-refractivity contribution >= 4 is 11.9 Å². The van der Waals surface area contributed by atoms with Crippen molar-refractivity contribution in [3.8, 4) is 17.2 Å². The van der Waals surface area contributed by atoms with E-state index in [1.165, 1.54) is 12.1 Å². The molecule has 0 atom stereocenters. The molecule has 160 valence electrons. The van der Waals surface area contributed by atoms with E-state index in [0.29, 0.717) is 30.4 Å². The SMILES string of the molecule is COc1ccc(CN/N=C/c2cccc(OCc3ccc([N+](=O)[O-])cc3)c2)cc1OC. The van der Waals surface area contributed by atoms with E-state index in [1.54, 1.807) is 32.6 Å². The Labute approximate surface area is 180 Å². The van der Waals surface area contributed by atoms with Gasteiger partial charge >= 0.3 is 0 Å². The second kappa shape index (κ2) is 10.6. The van der Waals surface area contributed by atoms with Gasteiger partial charge in [-0.3, -0.25) is 10.1 Å². The molecule has 1 N–H and O–H groups in total. The first-order chi connectivity index (χ1) is 15.1. The van der Waals surface area contributed by atoms with E-state index in [2.05, 4.69) is 10.5 Å². The van der Waals surface area contributed by atoms with Crippen LogP contribution in [0, 0.1) is 10.1 Å². The van der Waals surface area contributed by atoms with Crippen molar-refractivity contribution in [2.45, 2.75) is 13.2 Å². The summed E-state index contributed by atoms with van der Waals surface area (Å²) < 4.78 is 16.3. The molecule has 8 heteroatoms. The van der Waals surface area contributed by atoms with Crippen molar-refractivity contribution in [1.29, 1.82) is 0 Å². The van der Waals surface area contributed by atoms with Gasteiger partial charge in [0.05, 0.1) is 31.9 Å². The standard InChI is InChI=1S/C23H23N3O5/c1-29-22-11-8-19(13-23(22)30-2)15-25-24-14-18-4-3-5-21(12-18)31-16-17-6-9-20(10-7-17)26(27)28/h3-14,25H,15-16H2,1-2H3/b24-14+. The summed E-state index contributed by atoms with van der Waals surface area (Å²) in [5.74, 6) is 2.03. The van der Waals surface area contributed by atoms with E-state index in [0.717, 1.165) is 16.7 Å². The zero-order valence-electron chi connectivity index (χ0n) is 17.3. The molecule has 0 spiro atoms. The maximum absolute atomic E-state index is 10.7. The quantitative estimate of drug-likeness (QED) is 0.298. The van der Waals surface area contributed by atoms with Gasteiger partial charge in [-0.05, 0) is 53.1 Å². The van der Waals surface area contributed by atoms with Crippen molar-refractivity contribution < 1.29 is 19.1 Å². The van der Waals surface area contributed by atoms with Gasteiger partial charge in [0.1, 0.15) is 12.4 Å². The molecule has 0 aromatic heterocycles. The Hall–Kier alpha value is -4.07. The van der Waals surface area contributed by atoms with E-state index in [-0.39, 0.29) is 5.69 Å². The van der Waals surface area contributed by atoms with Crippen LogP contribution in [0.1, 0.15) is 16.7 Å². The number of nitrogens with zero attached hydrogens (tertiary/aromatic N) is 2. The minimum Gasteiger partial charge on any atom is -0.493 e. The normalized spacial score (nSPS) is 10.6. The minimum atomic E-state index is -0.424. The number of hydrogen-bond acceptors (Lipinski definition) is 7. The van der Waals surface area contributed by atoms with Crippen LogP contribution in [0.2, 0.25) is 0 Å². The Morgan fingerprint density at radius 1 is 0.968 bits per heavy atom. The number of nitro benzene ring substituents is 1. The molecule has 3 aromatic carbocycles. The van der Waals surface area contributed by atoms with Crippen LogP contribution in [0.4, 0.5) is 5.69 Å². The van der Waals surface area contributed by atoms with E-state index in [4.69, 9.17) is 14.2 Å². The van der Waals surface area contributed by atoms with Gasteiger partial charge in [0.2, 0.25) is 0 Å². The summed E-state index contributed by atoms with van der Waals surface area (Å²) in [5, 5.41) is 15.0. The minimum absolute atomic E-state index is 0.0579. The fourth-order valence-corrected chi connectivity index (χ4v) is 2.81. The van der Waals surface area contributed by atoms with Crippen LogP contribution < -0.4 is 19.6 Å². The summed E-state index contributed by atoms with van der Waals surface area (Å²) in [6, 6.07) is 19.5. The molecule has 0 heterocycles.